The number of rotatable bonds is 3. The van der Waals surface area contributed by atoms with Crippen LogP contribution in [-0.2, 0) is 12.8 Å². The van der Waals surface area contributed by atoms with Crippen molar-refractivity contribution >= 4 is 6.01 Å². The van der Waals surface area contributed by atoms with Crippen molar-refractivity contribution in [2.75, 3.05) is 5.73 Å². The Kier molecular flexibility index (Phi) is 2.53. The minimum absolute atomic E-state index is 0.0932. The third-order valence-electron chi connectivity index (χ3n) is 2.05. The summed E-state index contributed by atoms with van der Waals surface area (Å²) in [6.07, 6.45) is 1.43. The second kappa shape index (κ2) is 4.00. The molecule has 0 saturated carbocycles. The van der Waals surface area contributed by atoms with E-state index in [-0.39, 0.29) is 11.8 Å². The summed E-state index contributed by atoms with van der Waals surface area (Å²) < 4.78 is 5.04. The minimum Gasteiger partial charge on any atom is -0.508 e. The largest absolute Gasteiger partial charge is 0.508 e. The SMILES string of the molecule is Nc1nnc(CCc2ccc(O)cc2)o1. The van der Waals surface area contributed by atoms with Crippen LogP contribution in [0.5, 0.6) is 5.75 Å². The molecule has 0 aliphatic rings. The first-order valence-corrected chi connectivity index (χ1v) is 4.60. The second-order valence-corrected chi connectivity index (χ2v) is 3.20. The molecule has 0 radical (unpaired) electrons. The molecule has 0 aliphatic heterocycles. The summed E-state index contributed by atoms with van der Waals surface area (Å²) in [5.41, 5.74) is 6.40. The van der Waals surface area contributed by atoms with Gasteiger partial charge in [-0.15, -0.1) is 5.10 Å². The van der Waals surface area contributed by atoms with E-state index in [0.29, 0.717) is 12.3 Å². The van der Waals surface area contributed by atoms with Gasteiger partial charge >= 0.3 is 6.01 Å². The number of phenolic OH excluding ortho intramolecular Hbond substituents is 1. The number of aromatic nitrogens is 2. The Hall–Kier alpha value is -2.04. The molecule has 2 rings (SSSR count). The van der Waals surface area contributed by atoms with Gasteiger partial charge in [0.05, 0.1) is 0 Å². The van der Waals surface area contributed by atoms with Crippen molar-refractivity contribution in [1.29, 1.82) is 0 Å². The Morgan fingerprint density at radius 2 is 1.87 bits per heavy atom. The molecule has 0 unspecified atom stereocenters. The summed E-state index contributed by atoms with van der Waals surface area (Å²) in [6.45, 7) is 0. The standard InChI is InChI=1S/C10H11N3O2/c11-10-13-12-9(15-10)6-3-7-1-4-8(14)5-2-7/h1-2,4-5,14H,3,6H2,(H2,11,13). The quantitative estimate of drug-likeness (QED) is 0.784. The fraction of sp³-hybridized carbons (Fsp3) is 0.200. The van der Waals surface area contributed by atoms with E-state index in [2.05, 4.69) is 10.2 Å². The molecule has 0 amide bonds. The van der Waals surface area contributed by atoms with Gasteiger partial charge in [0.1, 0.15) is 5.75 Å². The maximum absolute atomic E-state index is 9.09. The molecular weight excluding hydrogens is 194 g/mol. The summed E-state index contributed by atoms with van der Waals surface area (Å²) in [4.78, 5) is 0. The van der Waals surface area contributed by atoms with Crippen molar-refractivity contribution in [2.24, 2.45) is 0 Å². The number of anilines is 1. The molecule has 1 aromatic heterocycles. The molecule has 78 valence electrons. The Bertz CT molecular complexity index is 436. The first-order chi connectivity index (χ1) is 7.24. The molecule has 15 heavy (non-hydrogen) atoms. The number of hydrogen-bond acceptors (Lipinski definition) is 5. The zero-order valence-corrected chi connectivity index (χ0v) is 8.05. The van der Waals surface area contributed by atoms with Crippen LogP contribution in [0.25, 0.3) is 0 Å². The molecule has 0 spiro atoms. The summed E-state index contributed by atoms with van der Waals surface area (Å²) in [5, 5.41) is 16.4. The van der Waals surface area contributed by atoms with Crippen molar-refractivity contribution in [3.05, 3.63) is 35.7 Å². The van der Waals surface area contributed by atoms with E-state index < -0.39 is 0 Å². The van der Waals surface area contributed by atoms with Crippen LogP contribution in [0.1, 0.15) is 11.5 Å². The average Bonchev–Trinajstić information content (AvgIpc) is 2.64. The highest BCUT2D eigenvalue weighted by Gasteiger charge is 2.02. The molecule has 0 aliphatic carbocycles. The maximum atomic E-state index is 9.09. The van der Waals surface area contributed by atoms with Crippen LogP contribution in [0.3, 0.4) is 0 Å². The lowest BCUT2D eigenvalue weighted by Gasteiger charge is -1.98. The van der Waals surface area contributed by atoms with Crippen molar-refractivity contribution < 1.29 is 9.52 Å². The van der Waals surface area contributed by atoms with Crippen LogP contribution in [0.2, 0.25) is 0 Å². The Morgan fingerprint density at radius 1 is 1.13 bits per heavy atom. The molecule has 5 heteroatoms. The molecule has 0 saturated heterocycles. The zero-order valence-electron chi connectivity index (χ0n) is 8.05. The molecule has 1 heterocycles. The molecule has 5 nitrogen and oxygen atoms in total. The van der Waals surface area contributed by atoms with E-state index in [4.69, 9.17) is 15.3 Å². The van der Waals surface area contributed by atoms with Gasteiger partial charge in [0.15, 0.2) is 0 Å². The van der Waals surface area contributed by atoms with Crippen LogP contribution in [0, 0.1) is 0 Å². The topological polar surface area (TPSA) is 85.2 Å². The van der Waals surface area contributed by atoms with E-state index in [9.17, 15) is 0 Å². The number of phenols is 1. The van der Waals surface area contributed by atoms with E-state index >= 15 is 0 Å². The minimum atomic E-state index is 0.0932. The molecule has 0 atom stereocenters. The predicted octanol–water partition coefficient (Wildman–Crippen LogP) is 1.14. The Morgan fingerprint density at radius 3 is 2.47 bits per heavy atom. The van der Waals surface area contributed by atoms with Gasteiger partial charge in [0, 0.05) is 6.42 Å². The molecule has 1 aromatic carbocycles. The second-order valence-electron chi connectivity index (χ2n) is 3.20. The molecular formula is C10H11N3O2. The summed E-state index contributed by atoms with van der Waals surface area (Å²) >= 11 is 0. The molecule has 3 N–H and O–H groups in total. The Balaban J connectivity index is 1.96. The van der Waals surface area contributed by atoms with Gasteiger partial charge in [0.2, 0.25) is 5.89 Å². The average molecular weight is 205 g/mol. The van der Waals surface area contributed by atoms with Gasteiger partial charge in [-0.1, -0.05) is 17.2 Å². The van der Waals surface area contributed by atoms with Crippen LogP contribution < -0.4 is 5.73 Å². The highest BCUT2D eigenvalue weighted by atomic mass is 16.4. The third-order valence-corrected chi connectivity index (χ3v) is 2.05. The lowest BCUT2D eigenvalue weighted by molar-refractivity contribution is 0.475. The number of benzene rings is 1. The van der Waals surface area contributed by atoms with Gasteiger partial charge in [-0.3, -0.25) is 0 Å². The normalized spacial score (nSPS) is 10.4. The number of aryl methyl sites for hydroxylation is 2. The number of nitrogens with zero attached hydrogens (tertiary/aromatic N) is 2. The van der Waals surface area contributed by atoms with E-state index in [0.717, 1.165) is 12.0 Å². The fourth-order valence-electron chi connectivity index (χ4n) is 1.28. The number of aromatic hydroxyl groups is 1. The van der Waals surface area contributed by atoms with Crippen molar-refractivity contribution in [2.45, 2.75) is 12.8 Å². The van der Waals surface area contributed by atoms with Gasteiger partial charge in [0.25, 0.3) is 0 Å². The lowest BCUT2D eigenvalue weighted by Crippen LogP contribution is -1.91. The Labute approximate surface area is 86.6 Å². The first kappa shape index (κ1) is 9.51. The summed E-state index contributed by atoms with van der Waals surface area (Å²) in [7, 11) is 0. The zero-order chi connectivity index (χ0) is 10.7. The van der Waals surface area contributed by atoms with Gasteiger partial charge in [-0.05, 0) is 24.1 Å². The molecule has 0 fully saturated rings. The number of nitrogens with two attached hydrogens (primary N) is 1. The van der Waals surface area contributed by atoms with E-state index in [1.807, 2.05) is 12.1 Å². The van der Waals surface area contributed by atoms with Gasteiger partial charge in [-0.2, -0.15) is 0 Å². The monoisotopic (exact) mass is 205 g/mol. The number of hydrogen-bond donors (Lipinski definition) is 2. The van der Waals surface area contributed by atoms with Crippen LogP contribution >= 0.6 is 0 Å². The fourth-order valence-corrected chi connectivity index (χ4v) is 1.28. The van der Waals surface area contributed by atoms with Crippen LogP contribution in [0.15, 0.2) is 28.7 Å². The highest BCUT2D eigenvalue weighted by molar-refractivity contribution is 5.26. The molecule has 2 aromatic rings. The van der Waals surface area contributed by atoms with Gasteiger partial charge in [-0.25, -0.2) is 0 Å². The van der Waals surface area contributed by atoms with Crippen molar-refractivity contribution in [3.63, 3.8) is 0 Å². The molecule has 0 bridgehead atoms. The smallest absolute Gasteiger partial charge is 0.312 e. The van der Waals surface area contributed by atoms with E-state index in [1.54, 1.807) is 12.1 Å². The first-order valence-electron chi connectivity index (χ1n) is 4.60. The van der Waals surface area contributed by atoms with Crippen LogP contribution in [-0.4, -0.2) is 15.3 Å². The summed E-state index contributed by atoms with van der Waals surface area (Å²) in [6, 6.07) is 7.11. The highest BCUT2D eigenvalue weighted by Crippen LogP contribution is 2.12. The van der Waals surface area contributed by atoms with E-state index in [1.165, 1.54) is 0 Å². The van der Waals surface area contributed by atoms with Crippen molar-refractivity contribution in [3.8, 4) is 5.75 Å². The summed E-state index contributed by atoms with van der Waals surface area (Å²) in [5.74, 6) is 0.793. The third kappa shape index (κ3) is 2.46. The predicted molar refractivity (Wildman–Crippen MR) is 54.2 cm³/mol. The van der Waals surface area contributed by atoms with Gasteiger partial charge < -0.3 is 15.3 Å². The van der Waals surface area contributed by atoms with Crippen LogP contribution in [0.4, 0.5) is 6.01 Å². The maximum Gasteiger partial charge on any atom is 0.312 e. The van der Waals surface area contributed by atoms with Crippen molar-refractivity contribution in [1.82, 2.24) is 10.2 Å². The lowest BCUT2D eigenvalue weighted by atomic mass is 10.1. The number of nitrogen functional groups attached to an aromatic ring is 1.